The molecule has 0 aromatic carbocycles. The highest BCUT2D eigenvalue weighted by molar-refractivity contribution is 6.64. The van der Waals surface area contributed by atoms with Gasteiger partial charge >= 0.3 is 8.80 Å². The van der Waals surface area contributed by atoms with Crippen LogP contribution in [0.15, 0.2) is 12.3 Å². The lowest BCUT2D eigenvalue weighted by molar-refractivity contribution is 0.104. The van der Waals surface area contributed by atoms with Crippen LogP contribution in [0, 0.1) is 5.92 Å². The lowest BCUT2D eigenvalue weighted by Gasteiger charge is -2.39. The normalized spacial score (nSPS) is 33.8. The Kier molecular flexibility index (Phi) is 3.42. The molecule has 2 fully saturated rings. The predicted molar refractivity (Wildman–Crippen MR) is 64.9 cm³/mol. The average Bonchev–Trinajstić information content (AvgIpc) is 2.92. The number of allylic oxidation sites excluding steroid dienone is 1. The predicted octanol–water partition coefficient (Wildman–Crippen LogP) is 3.10. The standard InChI is InChI=1S/C12H22O3Si/c1-4-9-15-16(13-2,14-3)12-7-5-11(10-12)6-8-12/h4,9,11H,5-8,10H2,1-3H3. The quantitative estimate of drug-likeness (QED) is 0.547. The van der Waals surface area contributed by atoms with Gasteiger partial charge in [0.1, 0.15) is 0 Å². The first kappa shape index (κ1) is 12.1. The average molecular weight is 242 g/mol. The third kappa shape index (κ3) is 1.63. The van der Waals surface area contributed by atoms with Gasteiger partial charge in [-0.1, -0.05) is 6.08 Å². The van der Waals surface area contributed by atoms with Crippen LogP contribution in [0.2, 0.25) is 5.04 Å². The van der Waals surface area contributed by atoms with Crippen LogP contribution in [0.3, 0.4) is 0 Å². The van der Waals surface area contributed by atoms with Crippen LogP contribution in [-0.4, -0.2) is 23.0 Å². The summed E-state index contributed by atoms with van der Waals surface area (Å²) in [6, 6.07) is 0. The van der Waals surface area contributed by atoms with E-state index in [2.05, 4.69) is 0 Å². The van der Waals surface area contributed by atoms with Crippen molar-refractivity contribution in [2.75, 3.05) is 14.2 Å². The summed E-state index contributed by atoms with van der Waals surface area (Å²) >= 11 is 0. The summed E-state index contributed by atoms with van der Waals surface area (Å²) in [5.41, 5.74) is 0. The van der Waals surface area contributed by atoms with Crippen LogP contribution in [0.4, 0.5) is 0 Å². The van der Waals surface area contributed by atoms with Gasteiger partial charge in [0.05, 0.1) is 11.3 Å². The summed E-state index contributed by atoms with van der Waals surface area (Å²) in [5.74, 6) is 0.881. The van der Waals surface area contributed by atoms with Gasteiger partial charge in [-0.25, -0.2) is 0 Å². The van der Waals surface area contributed by atoms with E-state index in [1.165, 1.54) is 32.1 Å². The van der Waals surface area contributed by atoms with Crippen LogP contribution in [0.5, 0.6) is 0 Å². The molecule has 2 aliphatic carbocycles. The molecule has 0 aromatic rings. The van der Waals surface area contributed by atoms with Crippen molar-refractivity contribution in [3.8, 4) is 0 Å². The van der Waals surface area contributed by atoms with Crippen LogP contribution in [0.25, 0.3) is 0 Å². The van der Waals surface area contributed by atoms with Crippen LogP contribution in [0.1, 0.15) is 39.0 Å². The molecule has 0 spiro atoms. The lowest BCUT2D eigenvalue weighted by Crippen LogP contribution is -2.52. The zero-order valence-electron chi connectivity index (χ0n) is 10.5. The maximum absolute atomic E-state index is 5.90. The second-order valence-corrected chi connectivity index (χ2v) is 8.20. The minimum atomic E-state index is -2.53. The highest BCUT2D eigenvalue weighted by Crippen LogP contribution is 2.64. The Labute approximate surface area is 99.1 Å². The first-order valence-corrected chi connectivity index (χ1v) is 7.84. The Morgan fingerprint density at radius 2 is 1.81 bits per heavy atom. The lowest BCUT2D eigenvalue weighted by atomic mass is 10.0. The minimum Gasteiger partial charge on any atom is -0.507 e. The maximum Gasteiger partial charge on any atom is 0.571 e. The van der Waals surface area contributed by atoms with Crippen LogP contribution in [-0.2, 0) is 13.3 Å². The molecule has 0 unspecified atom stereocenters. The monoisotopic (exact) mass is 242 g/mol. The van der Waals surface area contributed by atoms with Crippen LogP contribution >= 0.6 is 0 Å². The van der Waals surface area contributed by atoms with E-state index in [9.17, 15) is 0 Å². The molecule has 0 N–H and O–H groups in total. The van der Waals surface area contributed by atoms with Gasteiger partial charge in [0.2, 0.25) is 0 Å². The summed E-state index contributed by atoms with van der Waals surface area (Å²) in [6.45, 7) is 1.95. The third-order valence-corrected chi connectivity index (χ3v) is 7.81. The van der Waals surface area contributed by atoms with E-state index in [1.807, 2.05) is 13.0 Å². The second kappa shape index (κ2) is 4.51. The Morgan fingerprint density at radius 3 is 2.19 bits per heavy atom. The molecule has 0 radical (unpaired) electrons. The Morgan fingerprint density at radius 1 is 1.19 bits per heavy atom. The molecular formula is C12H22O3Si. The van der Waals surface area contributed by atoms with Gasteiger partial charge in [0.25, 0.3) is 0 Å². The van der Waals surface area contributed by atoms with E-state index < -0.39 is 8.80 Å². The fourth-order valence-electron chi connectivity index (χ4n) is 3.52. The van der Waals surface area contributed by atoms with Crippen molar-refractivity contribution in [3.63, 3.8) is 0 Å². The summed E-state index contributed by atoms with van der Waals surface area (Å²) < 4.78 is 17.4. The molecule has 2 bridgehead atoms. The number of rotatable bonds is 5. The Bertz CT molecular complexity index is 265. The SMILES string of the molecule is CC=CO[Si](OC)(OC)C12CCC(CC1)C2. The summed E-state index contributed by atoms with van der Waals surface area (Å²) in [4.78, 5) is 0. The van der Waals surface area contributed by atoms with Gasteiger partial charge < -0.3 is 13.3 Å². The highest BCUT2D eigenvalue weighted by Gasteiger charge is 2.66. The largest absolute Gasteiger partial charge is 0.571 e. The minimum absolute atomic E-state index is 0.195. The van der Waals surface area contributed by atoms with E-state index >= 15 is 0 Å². The van der Waals surface area contributed by atoms with Crippen molar-refractivity contribution >= 4 is 8.80 Å². The van der Waals surface area contributed by atoms with E-state index in [0.717, 1.165) is 5.92 Å². The Balaban J connectivity index is 2.23. The zero-order chi connectivity index (χ0) is 11.6. The van der Waals surface area contributed by atoms with Crippen molar-refractivity contribution in [1.82, 2.24) is 0 Å². The first-order chi connectivity index (χ1) is 7.72. The van der Waals surface area contributed by atoms with Crippen LogP contribution < -0.4 is 0 Å². The topological polar surface area (TPSA) is 27.7 Å². The first-order valence-electron chi connectivity index (χ1n) is 6.11. The fourth-order valence-corrected chi connectivity index (χ4v) is 6.75. The van der Waals surface area contributed by atoms with Gasteiger partial charge in [0, 0.05) is 14.2 Å². The molecule has 0 saturated heterocycles. The molecule has 2 aliphatic rings. The van der Waals surface area contributed by atoms with Crippen molar-refractivity contribution < 1.29 is 13.3 Å². The molecule has 0 atom stereocenters. The smallest absolute Gasteiger partial charge is 0.507 e. The fraction of sp³-hybridized carbons (Fsp3) is 0.833. The third-order valence-electron chi connectivity index (χ3n) is 4.29. The molecule has 2 rings (SSSR count). The van der Waals surface area contributed by atoms with Crippen molar-refractivity contribution in [1.29, 1.82) is 0 Å². The maximum atomic E-state index is 5.90. The van der Waals surface area contributed by atoms with E-state index in [0.29, 0.717) is 0 Å². The van der Waals surface area contributed by atoms with Gasteiger partial charge in [-0.3, -0.25) is 0 Å². The zero-order valence-corrected chi connectivity index (χ0v) is 11.5. The molecule has 3 nitrogen and oxygen atoms in total. The molecule has 0 amide bonds. The number of fused-ring (bicyclic) bond motifs is 2. The second-order valence-electron chi connectivity index (χ2n) is 4.98. The van der Waals surface area contributed by atoms with Crippen molar-refractivity contribution in [2.24, 2.45) is 5.92 Å². The molecule has 0 aromatic heterocycles. The summed E-state index contributed by atoms with van der Waals surface area (Å²) in [6.07, 6.45) is 9.93. The molecule has 16 heavy (non-hydrogen) atoms. The molecule has 4 heteroatoms. The number of hydrogen-bond donors (Lipinski definition) is 0. The molecule has 92 valence electrons. The van der Waals surface area contributed by atoms with E-state index in [4.69, 9.17) is 13.3 Å². The van der Waals surface area contributed by atoms with Crippen molar-refractivity contribution in [3.05, 3.63) is 12.3 Å². The van der Waals surface area contributed by atoms with Gasteiger partial charge in [-0.05, 0) is 44.9 Å². The van der Waals surface area contributed by atoms with Gasteiger partial charge in [-0.15, -0.1) is 0 Å². The summed E-state index contributed by atoms with van der Waals surface area (Å²) in [5, 5.41) is 0.195. The summed E-state index contributed by atoms with van der Waals surface area (Å²) in [7, 11) is 0.945. The van der Waals surface area contributed by atoms with Gasteiger partial charge in [-0.2, -0.15) is 0 Å². The van der Waals surface area contributed by atoms with E-state index in [1.54, 1.807) is 20.5 Å². The molecular weight excluding hydrogens is 220 g/mol. The molecule has 0 aliphatic heterocycles. The highest BCUT2D eigenvalue weighted by atomic mass is 28.4. The number of hydrogen-bond acceptors (Lipinski definition) is 3. The van der Waals surface area contributed by atoms with Crippen molar-refractivity contribution in [2.45, 2.75) is 44.1 Å². The molecule has 0 heterocycles. The van der Waals surface area contributed by atoms with E-state index in [-0.39, 0.29) is 5.04 Å². The molecule has 2 saturated carbocycles. The van der Waals surface area contributed by atoms with Gasteiger partial charge in [0.15, 0.2) is 0 Å². The Hall–Kier alpha value is -0.323.